The van der Waals surface area contributed by atoms with Crippen LogP contribution in [0.3, 0.4) is 0 Å². The van der Waals surface area contributed by atoms with Crippen molar-refractivity contribution in [2.24, 2.45) is 4.99 Å². The third-order valence-corrected chi connectivity index (χ3v) is 1.93. The highest BCUT2D eigenvalue weighted by Gasteiger charge is 2.17. The number of nitrogens with zero attached hydrogens (tertiary/aromatic N) is 1. The van der Waals surface area contributed by atoms with Crippen LogP contribution in [0.25, 0.3) is 0 Å². The Balaban J connectivity index is 4.19. The number of ether oxygens (including phenoxy) is 2. The summed E-state index contributed by atoms with van der Waals surface area (Å²) in [5.41, 5.74) is -0.550. The molecule has 0 spiro atoms. The van der Waals surface area contributed by atoms with E-state index in [1.165, 1.54) is 6.08 Å². The molecule has 0 aromatic rings. The lowest BCUT2D eigenvalue weighted by molar-refractivity contribution is -0.250. The molecule has 0 aromatic carbocycles. The molecule has 0 bridgehead atoms. The number of aliphatic hydroxyl groups is 1. The van der Waals surface area contributed by atoms with Crippen molar-refractivity contribution in [1.29, 1.82) is 0 Å². The first-order valence-electron chi connectivity index (χ1n) is 6.09. The van der Waals surface area contributed by atoms with Gasteiger partial charge in [-0.3, -0.25) is 9.79 Å². The molecule has 0 heterocycles. The van der Waals surface area contributed by atoms with Gasteiger partial charge in [-0.05, 0) is 27.2 Å². The fourth-order valence-corrected chi connectivity index (χ4v) is 1.19. The van der Waals surface area contributed by atoms with Gasteiger partial charge in [-0.2, -0.15) is 0 Å². The molecule has 1 N–H and O–H groups in total. The van der Waals surface area contributed by atoms with Crippen LogP contribution < -0.4 is 5.11 Å². The highest BCUT2D eigenvalue weighted by molar-refractivity contribution is 5.70. The van der Waals surface area contributed by atoms with Crippen LogP contribution in [0.4, 0.5) is 0 Å². The predicted molar refractivity (Wildman–Crippen MR) is 69.5 cm³/mol. The number of aliphatic imine (C=N–C) groups is 1. The topological polar surface area (TPSA) is 91.2 Å². The van der Waals surface area contributed by atoms with E-state index >= 15 is 0 Å². The van der Waals surface area contributed by atoms with E-state index < -0.39 is 17.7 Å². The molecule has 1 atom stereocenters. The third-order valence-electron chi connectivity index (χ3n) is 1.93. The monoisotopic (exact) mass is 272 g/mol. The lowest BCUT2D eigenvalue weighted by Crippen LogP contribution is -2.27. The molecule has 6 nitrogen and oxygen atoms in total. The van der Waals surface area contributed by atoms with Crippen LogP contribution in [-0.2, 0) is 14.3 Å². The van der Waals surface area contributed by atoms with Crippen LogP contribution in [0.2, 0.25) is 0 Å². The summed E-state index contributed by atoms with van der Waals surface area (Å²) in [5.74, 6) is -0.388. The minimum atomic E-state index is -0.775. The molecule has 0 aliphatic heterocycles. The lowest BCUT2D eigenvalue weighted by atomic mass is 10.1. The maximum atomic E-state index is 11.5. The summed E-state index contributed by atoms with van der Waals surface area (Å²) < 4.78 is 9.77. The van der Waals surface area contributed by atoms with E-state index in [0.717, 1.165) is 0 Å². The second-order valence-electron chi connectivity index (χ2n) is 4.96. The molecule has 0 aliphatic carbocycles. The Kier molecular flexibility index (Phi) is 7.83. The number of hydrogen-bond acceptors (Lipinski definition) is 6. The summed E-state index contributed by atoms with van der Waals surface area (Å²) in [5, 5.41) is 20.3. The lowest BCUT2D eigenvalue weighted by Gasteiger charge is -2.20. The van der Waals surface area contributed by atoms with Crippen molar-refractivity contribution in [1.82, 2.24) is 0 Å². The molecule has 6 heteroatoms. The van der Waals surface area contributed by atoms with E-state index in [1.54, 1.807) is 20.8 Å². The van der Waals surface area contributed by atoms with E-state index in [-0.39, 0.29) is 32.0 Å². The van der Waals surface area contributed by atoms with E-state index in [2.05, 4.69) is 16.3 Å². The molecule has 0 aromatic heterocycles. The van der Waals surface area contributed by atoms with Crippen molar-refractivity contribution in [3.8, 4) is 0 Å². The van der Waals surface area contributed by atoms with Gasteiger partial charge in [0, 0.05) is 13.0 Å². The van der Waals surface area contributed by atoms with Crippen LogP contribution in [0.1, 0.15) is 33.6 Å². The first-order valence-corrected chi connectivity index (χ1v) is 6.09. The summed E-state index contributed by atoms with van der Waals surface area (Å²) >= 11 is 0. The first kappa shape index (κ1) is 17.4. The SMILES string of the molecule is C=CCOC([O-])=NC(CO)CCC(=O)OC(C)(C)C. The number of esters is 1. The largest absolute Gasteiger partial charge is 0.596 e. The average molecular weight is 272 g/mol. The van der Waals surface area contributed by atoms with Gasteiger partial charge in [-0.1, -0.05) is 6.08 Å². The zero-order chi connectivity index (χ0) is 14.9. The zero-order valence-corrected chi connectivity index (χ0v) is 11.7. The fourth-order valence-electron chi connectivity index (χ4n) is 1.19. The molecule has 0 rings (SSSR count). The summed E-state index contributed by atoms with van der Waals surface area (Å²) in [6.07, 6.45) is 0.959. The van der Waals surface area contributed by atoms with Crippen molar-refractivity contribution < 1.29 is 24.5 Å². The van der Waals surface area contributed by atoms with Gasteiger partial charge in [0.1, 0.15) is 11.7 Å². The van der Waals surface area contributed by atoms with Gasteiger partial charge < -0.3 is 19.7 Å². The maximum absolute atomic E-state index is 11.5. The number of aliphatic hydroxyl groups excluding tert-OH is 1. The van der Waals surface area contributed by atoms with Gasteiger partial charge in [0.25, 0.3) is 0 Å². The van der Waals surface area contributed by atoms with Crippen LogP contribution in [0, 0.1) is 0 Å². The van der Waals surface area contributed by atoms with Crippen molar-refractivity contribution >= 4 is 12.1 Å². The highest BCUT2D eigenvalue weighted by atomic mass is 16.6. The Hall–Kier alpha value is -1.56. The molecule has 0 amide bonds. The highest BCUT2D eigenvalue weighted by Crippen LogP contribution is 2.11. The van der Waals surface area contributed by atoms with Gasteiger partial charge in [0.05, 0.1) is 12.6 Å². The number of carbonyl (C=O) groups is 1. The summed E-state index contributed by atoms with van der Waals surface area (Å²) in [7, 11) is 0. The van der Waals surface area contributed by atoms with E-state index in [1.807, 2.05) is 0 Å². The first-order chi connectivity index (χ1) is 8.78. The minimum absolute atomic E-state index is 0.0621. The Morgan fingerprint density at radius 2 is 2.16 bits per heavy atom. The van der Waals surface area contributed by atoms with Gasteiger partial charge in [0.15, 0.2) is 0 Å². The number of hydrogen-bond donors (Lipinski definition) is 1. The van der Waals surface area contributed by atoms with E-state index in [4.69, 9.17) is 9.84 Å². The van der Waals surface area contributed by atoms with Crippen LogP contribution in [-0.4, -0.2) is 42.0 Å². The van der Waals surface area contributed by atoms with Gasteiger partial charge in [-0.25, -0.2) is 0 Å². The quantitative estimate of drug-likeness (QED) is 0.313. The van der Waals surface area contributed by atoms with Crippen molar-refractivity contribution in [3.05, 3.63) is 12.7 Å². The molecule has 0 saturated heterocycles. The Morgan fingerprint density at radius 1 is 1.53 bits per heavy atom. The van der Waals surface area contributed by atoms with E-state index in [9.17, 15) is 9.90 Å². The van der Waals surface area contributed by atoms with Crippen LogP contribution in [0.5, 0.6) is 0 Å². The predicted octanol–water partition coefficient (Wildman–Crippen LogP) is 0.388. The molecular weight excluding hydrogens is 250 g/mol. The zero-order valence-electron chi connectivity index (χ0n) is 11.7. The summed E-state index contributed by atoms with van der Waals surface area (Å²) in [6.45, 7) is 8.44. The summed E-state index contributed by atoms with van der Waals surface area (Å²) in [4.78, 5) is 15.1. The van der Waals surface area contributed by atoms with Crippen molar-refractivity contribution in [3.63, 3.8) is 0 Å². The van der Waals surface area contributed by atoms with Crippen LogP contribution in [0.15, 0.2) is 17.6 Å². The minimum Gasteiger partial charge on any atom is -0.596 e. The third kappa shape index (κ3) is 10.1. The van der Waals surface area contributed by atoms with Gasteiger partial charge >= 0.3 is 5.97 Å². The second kappa shape index (κ2) is 8.53. The number of carbonyl (C=O) groups excluding carboxylic acids is 1. The molecule has 19 heavy (non-hydrogen) atoms. The molecule has 0 saturated carbocycles. The van der Waals surface area contributed by atoms with Gasteiger partial charge in [0.2, 0.25) is 0 Å². The molecule has 1 unspecified atom stereocenters. The Labute approximate surface area is 113 Å². The number of rotatable bonds is 7. The van der Waals surface area contributed by atoms with E-state index in [0.29, 0.717) is 0 Å². The molecule has 0 aliphatic rings. The Morgan fingerprint density at radius 3 is 2.63 bits per heavy atom. The molecule has 0 radical (unpaired) electrons. The average Bonchev–Trinajstić information content (AvgIpc) is 2.29. The second-order valence-corrected chi connectivity index (χ2v) is 4.96. The van der Waals surface area contributed by atoms with Crippen molar-refractivity contribution in [2.45, 2.75) is 45.3 Å². The van der Waals surface area contributed by atoms with Crippen molar-refractivity contribution in [2.75, 3.05) is 13.2 Å². The fraction of sp³-hybridized carbons (Fsp3) is 0.692. The normalized spacial score (nSPS) is 13.8. The standard InChI is InChI=1S/C13H23NO5/c1-5-8-18-12(17)14-10(9-15)6-7-11(16)19-13(2,3)4/h5,10,15H,1,6-9H2,2-4H3,(H,14,17)/p-1. The van der Waals surface area contributed by atoms with Crippen LogP contribution >= 0.6 is 0 Å². The smallest absolute Gasteiger partial charge is 0.306 e. The van der Waals surface area contributed by atoms with Gasteiger partial charge in [-0.15, -0.1) is 6.58 Å². The maximum Gasteiger partial charge on any atom is 0.306 e. The molecular formula is C13H22NO5-. The summed E-state index contributed by atoms with van der Waals surface area (Å²) in [6, 6.07) is -0.662. The Bertz CT molecular complexity index is 319. The molecule has 0 fully saturated rings. The molecule has 110 valence electrons.